The molecule has 1 aromatic heterocycles. The highest BCUT2D eigenvalue weighted by molar-refractivity contribution is 7.12. The number of hydrogen-bond acceptors (Lipinski definition) is 2. The Morgan fingerprint density at radius 2 is 1.90 bits per heavy atom. The van der Waals surface area contributed by atoms with E-state index in [2.05, 4.69) is 44.3 Å². The van der Waals surface area contributed by atoms with E-state index in [1.165, 1.54) is 15.3 Å². The van der Waals surface area contributed by atoms with Crippen molar-refractivity contribution in [3.63, 3.8) is 0 Å². The topological polar surface area (TPSA) is 12.0 Å². The van der Waals surface area contributed by atoms with Gasteiger partial charge in [-0.25, -0.2) is 0 Å². The number of rotatable bonds is 6. The van der Waals surface area contributed by atoms with E-state index in [4.69, 9.17) is 11.6 Å². The van der Waals surface area contributed by atoms with Gasteiger partial charge in [-0.2, -0.15) is 0 Å². The van der Waals surface area contributed by atoms with Crippen LogP contribution in [0.4, 0.5) is 0 Å². The minimum atomic E-state index is 0.387. The molecular weight excluding hydrogens is 286 g/mol. The molecule has 0 aliphatic rings. The SMILES string of the molecule is CCc1ccc(C(C)NC(C)Cc2ccccc2Cl)s1. The summed E-state index contributed by atoms with van der Waals surface area (Å²) >= 11 is 8.12. The van der Waals surface area contributed by atoms with E-state index in [0.29, 0.717) is 12.1 Å². The highest BCUT2D eigenvalue weighted by atomic mass is 35.5. The molecule has 1 aromatic carbocycles. The lowest BCUT2D eigenvalue weighted by atomic mass is 10.1. The molecule has 2 rings (SSSR count). The fourth-order valence-corrected chi connectivity index (χ4v) is 3.56. The molecule has 0 amide bonds. The summed E-state index contributed by atoms with van der Waals surface area (Å²) < 4.78 is 0. The maximum absolute atomic E-state index is 6.22. The maximum Gasteiger partial charge on any atom is 0.0438 e. The van der Waals surface area contributed by atoms with Gasteiger partial charge < -0.3 is 5.32 Å². The first-order valence-electron chi connectivity index (χ1n) is 7.18. The van der Waals surface area contributed by atoms with Gasteiger partial charge in [0.25, 0.3) is 0 Å². The van der Waals surface area contributed by atoms with E-state index in [-0.39, 0.29) is 0 Å². The van der Waals surface area contributed by atoms with E-state index in [1.807, 2.05) is 29.5 Å². The molecule has 108 valence electrons. The van der Waals surface area contributed by atoms with Gasteiger partial charge in [0, 0.05) is 26.9 Å². The lowest BCUT2D eigenvalue weighted by molar-refractivity contribution is 0.482. The molecule has 3 heteroatoms. The van der Waals surface area contributed by atoms with Crippen LogP contribution in [0.15, 0.2) is 36.4 Å². The normalized spacial score (nSPS) is 14.2. The third kappa shape index (κ3) is 4.08. The molecule has 0 aliphatic heterocycles. The van der Waals surface area contributed by atoms with Crippen molar-refractivity contribution in [2.45, 2.75) is 45.7 Å². The number of thiophene rings is 1. The Bertz CT molecular complexity index is 549. The van der Waals surface area contributed by atoms with E-state index in [1.54, 1.807) is 0 Å². The van der Waals surface area contributed by atoms with Gasteiger partial charge in [-0.3, -0.25) is 0 Å². The lowest BCUT2D eigenvalue weighted by Gasteiger charge is -2.19. The van der Waals surface area contributed by atoms with Crippen LogP contribution in [0.3, 0.4) is 0 Å². The van der Waals surface area contributed by atoms with Crippen molar-refractivity contribution in [3.05, 3.63) is 56.7 Å². The fourth-order valence-electron chi connectivity index (χ4n) is 2.38. The van der Waals surface area contributed by atoms with Crippen LogP contribution in [-0.4, -0.2) is 6.04 Å². The zero-order chi connectivity index (χ0) is 14.5. The molecule has 0 radical (unpaired) electrons. The predicted molar refractivity (Wildman–Crippen MR) is 89.9 cm³/mol. The Labute approximate surface area is 131 Å². The standard InChI is InChI=1S/C17H22ClNS/c1-4-15-9-10-17(20-15)13(3)19-12(2)11-14-7-5-6-8-16(14)18/h5-10,12-13,19H,4,11H2,1-3H3. The maximum atomic E-state index is 6.22. The van der Waals surface area contributed by atoms with E-state index in [9.17, 15) is 0 Å². The summed E-state index contributed by atoms with van der Waals surface area (Å²) in [4.78, 5) is 2.86. The molecule has 20 heavy (non-hydrogen) atoms. The monoisotopic (exact) mass is 307 g/mol. The highest BCUT2D eigenvalue weighted by Gasteiger charge is 2.12. The number of aryl methyl sites for hydroxylation is 1. The molecule has 1 N–H and O–H groups in total. The third-order valence-electron chi connectivity index (χ3n) is 3.48. The van der Waals surface area contributed by atoms with Crippen LogP contribution >= 0.6 is 22.9 Å². The van der Waals surface area contributed by atoms with Crippen LogP contribution < -0.4 is 5.32 Å². The van der Waals surface area contributed by atoms with Gasteiger partial charge >= 0.3 is 0 Å². The Morgan fingerprint density at radius 1 is 1.15 bits per heavy atom. The summed E-state index contributed by atoms with van der Waals surface area (Å²) in [6.45, 7) is 6.65. The number of hydrogen-bond donors (Lipinski definition) is 1. The van der Waals surface area contributed by atoms with Gasteiger partial charge in [-0.15, -0.1) is 11.3 Å². The smallest absolute Gasteiger partial charge is 0.0438 e. The second kappa shape index (κ2) is 7.26. The van der Waals surface area contributed by atoms with E-state index >= 15 is 0 Å². The molecule has 0 bridgehead atoms. The molecule has 0 saturated heterocycles. The molecule has 2 aromatic rings. The second-order valence-electron chi connectivity index (χ2n) is 5.24. The molecule has 1 nitrogen and oxygen atoms in total. The van der Waals surface area contributed by atoms with Gasteiger partial charge in [-0.05, 0) is 50.5 Å². The van der Waals surface area contributed by atoms with Crippen LogP contribution in [0.1, 0.15) is 42.1 Å². The Hall–Kier alpha value is -0.830. The van der Waals surface area contributed by atoms with Crippen LogP contribution in [0.2, 0.25) is 5.02 Å². The first kappa shape index (κ1) is 15.6. The molecule has 2 unspecified atom stereocenters. The summed E-state index contributed by atoms with van der Waals surface area (Å²) in [6.07, 6.45) is 2.07. The van der Waals surface area contributed by atoms with Gasteiger partial charge in [0.1, 0.15) is 0 Å². The predicted octanol–water partition coefficient (Wildman–Crippen LogP) is 5.25. The zero-order valence-corrected chi connectivity index (χ0v) is 13.9. The lowest BCUT2D eigenvalue weighted by Crippen LogP contribution is -2.30. The molecular formula is C17H22ClNS. The van der Waals surface area contributed by atoms with Gasteiger partial charge in [0.05, 0.1) is 0 Å². The highest BCUT2D eigenvalue weighted by Crippen LogP contribution is 2.24. The van der Waals surface area contributed by atoms with E-state index in [0.717, 1.165) is 17.9 Å². The first-order chi connectivity index (χ1) is 9.60. The molecule has 0 fully saturated rings. The Morgan fingerprint density at radius 3 is 2.55 bits per heavy atom. The Balaban J connectivity index is 1.94. The van der Waals surface area contributed by atoms with Crippen molar-refractivity contribution in [1.29, 1.82) is 0 Å². The number of halogens is 1. The zero-order valence-electron chi connectivity index (χ0n) is 12.3. The molecule has 0 saturated carbocycles. The first-order valence-corrected chi connectivity index (χ1v) is 8.37. The average molecular weight is 308 g/mol. The molecule has 1 heterocycles. The summed E-state index contributed by atoms with van der Waals surface area (Å²) in [5, 5.41) is 4.52. The largest absolute Gasteiger partial charge is 0.307 e. The summed E-state index contributed by atoms with van der Waals surface area (Å²) in [7, 11) is 0. The quantitative estimate of drug-likeness (QED) is 0.769. The van der Waals surface area contributed by atoms with E-state index < -0.39 is 0 Å². The third-order valence-corrected chi connectivity index (χ3v) is 5.26. The summed E-state index contributed by atoms with van der Waals surface area (Å²) in [5.41, 5.74) is 1.21. The molecule has 0 aliphatic carbocycles. The summed E-state index contributed by atoms with van der Waals surface area (Å²) in [5.74, 6) is 0. The van der Waals surface area contributed by atoms with Crippen molar-refractivity contribution in [2.24, 2.45) is 0 Å². The Kier molecular flexibility index (Phi) is 5.64. The minimum absolute atomic E-state index is 0.387. The van der Waals surface area contributed by atoms with Crippen molar-refractivity contribution >= 4 is 22.9 Å². The van der Waals surface area contributed by atoms with Crippen LogP contribution in [-0.2, 0) is 12.8 Å². The summed E-state index contributed by atoms with van der Waals surface area (Å²) in [6, 6.07) is 13.3. The van der Waals surface area contributed by atoms with Crippen molar-refractivity contribution in [1.82, 2.24) is 5.32 Å². The fraction of sp³-hybridized carbons (Fsp3) is 0.412. The second-order valence-corrected chi connectivity index (χ2v) is 6.85. The minimum Gasteiger partial charge on any atom is -0.307 e. The van der Waals surface area contributed by atoms with Gasteiger partial charge in [0.2, 0.25) is 0 Å². The number of nitrogens with one attached hydrogen (secondary N) is 1. The van der Waals surface area contributed by atoms with Crippen molar-refractivity contribution in [3.8, 4) is 0 Å². The molecule has 0 spiro atoms. The van der Waals surface area contributed by atoms with Crippen LogP contribution in [0.25, 0.3) is 0 Å². The van der Waals surface area contributed by atoms with Crippen molar-refractivity contribution in [2.75, 3.05) is 0 Å². The van der Waals surface area contributed by atoms with Crippen LogP contribution in [0, 0.1) is 0 Å². The van der Waals surface area contributed by atoms with Crippen molar-refractivity contribution < 1.29 is 0 Å². The molecule has 2 atom stereocenters. The van der Waals surface area contributed by atoms with Gasteiger partial charge in [-0.1, -0.05) is 36.7 Å². The van der Waals surface area contributed by atoms with Gasteiger partial charge in [0.15, 0.2) is 0 Å². The van der Waals surface area contributed by atoms with Crippen LogP contribution in [0.5, 0.6) is 0 Å². The number of benzene rings is 1. The average Bonchev–Trinajstić information content (AvgIpc) is 2.90.